The molecule has 406 valence electrons. The monoisotopic (exact) mass is 984 g/mol. The first-order chi connectivity index (χ1) is 34.1. The standard InChI is InChI=1S/C61H109NO8/c1-6-8-10-12-14-16-18-20-22-24-25-26-27-28-29-30-31-32-33-34-36-37-39-41-43-45-47-49-51-58(63)68-55-57(56-69-61(60(65)66)67-54-53-62(3,4)5)70-59(64)52-50-48-46-44-42-40-38-35-23-21-19-17-15-13-11-9-7-2/h9,11,15,17,21,23,38,40,44,46,57,61H,6-8,10,12-14,16,18-20,22,24-37,39,41-43,45,47-56H2,1-5H3/b11-9-,17-15-,23-21-,40-38-,46-44-. The van der Waals surface area contributed by atoms with Gasteiger partial charge in [-0.1, -0.05) is 248 Å². The van der Waals surface area contributed by atoms with E-state index in [9.17, 15) is 19.5 Å². The zero-order valence-electron chi connectivity index (χ0n) is 46.1. The van der Waals surface area contributed by atoms with Gasteiger partial charge in [0, 0.05) is 12.8 Å². The van der Waals surface area contributed by atoms with Gasteiger partial charge in [-0.2, -0.15) is 0 Å². The molecule has 0 fully saturated rings. The number of unbranched alkanes of at least 4 members (excludes halogenated alkanes) is 28. The SMILES string of the molecule is CC/C=C\C/C=C\C/C=C\C/C=C\C/C=C\CCCC(=O)OC(COC(=O)CCCCCCCCCCCCCCCCCCCCCCCCCCCCCC)COC(OCC[N+](C)(C)C)C(=O)[O-]. The molecule has 0 aromatic rings. The van der Waals surface area contributed by atoms with Gasteiger partial charge in [-0.15, -0.1) is 0 Å². The maximum Gasteiger partial charge on any atom is 0.306 e. The zero-order chi connectivity index (χ0) is 51.3. The van der Waals surface area contributed by atoms with Crippen LogP contribution in [-0.2, 0) is 33.3 Å². The summed E-state index contributed by atoms with van der Waals surface area (Å²) in [5.41, 5.74) is 0. The second kappa shape index (κ2) is 52.3. The van der Waals surface area contributed by atoms with Gasteiger partial charge in [-0.25, -0.2) is 0 Å². The lowest BCUT2D eigenvalue weighted by molar-refractivity contribution is -0.870. The molecule has 0 aromatic carbocycles. The molecule has 0 radical (unpaired) electrons. The van der Waals surface area contributed by atoms with Gasteiger partial charge < -0.3 is 33.3 Å². The summed E-state index contributed by atoms with van der Waals surface area (Å²) < 4.78 is 22.6. The minimum atomic E-state index is -1.64. The predicted octanol–water partition coefficient (Wildman–Crippen LogP) is 15.5. The number of carboxylic acids is 1. The van der Waals surface area contributed by atoms with E-state index in [4.69, 9.17) is 18.9 Å². The first-order valence-corrected chi connectivity index (χ1v) is 28.9. The van der Waals surface area contributed by atoms with Gasteiger partial charge in [0.15, 0.2) is 12.4 Å². The van der Waals surface area contributed by atoms with E-state index in [1.807, 2.05) is 21.1 Å². The number of aliphatic carboxylic acids is 1. The Hall–Kier alpha value is -3.01. The third kappa shape index (κ3) is 52.8. The average molecular weight is 985 g/mol. The quantitative estimate of drug-likeness (QED) is 0.0195. The Morgan fingerprint density at radius 3 is 1.20 bits per heavy atom. The molecule has 0 N–H and O–H groups in total. The van der Waals surface area contributed by atoms with E-state index < -0.39 is 24.3 Å². The minimum absolute atomic E-state index is 0.136. The molecular formula is C61H109NO8. The number of carbonyl (C=O) groups is 3. The molecule has 0 spiro atoms. The molecule has 9 nitrogen and oxygen atoms in total. The highest BCUT2D eigenvalue weighted by atomic mass is 16.7. The number of carboxylic acid groups (broad SMARTS) is 1. The molecule has 2 unspecified atom stereocenters. The second-order valence-electron chi connectivity index (χ2n) is 20.6. The van der Waals surface area contributed by atoms with Crippen molar-refractivity contribution in [3.63, 3.8) is 0 Å². The number of quaternary nitrogens is 1. The highest BCUT2D eigenvalue weighted by Gasteiger charge is 2.22. The van der Waals surface area contributed by atoms with Crippen molar-refractivity contribution in [2.45, 2.75) is 264 Å². The summed E-state index contributed by atoms with van der Waals surface area (Å²) in [5, 5.41) is 11.8. The Morgan fingerprint density at radius 1 is 0.443 bits per heavy atom. The summed E-state index contributed by atoms with van der Waals surface area (Å²) in [5.74, 6) is -2.36. The molecular weight excluding hydrogens is 875 g/mol. The maximum absolute atomic E-state index is 12.8. The molecule has 2 atom stereocenters. The van der Waals surface area contributed by atoms with E-state index in [1.54, 1.807) is 0 Å². The summed E-state index contributed by atoms with van der Waals surface area (Å²) >= 11 is 0. The Morgan fingerprint density at radius 2 is 0.814 bits per heavy atom. The fourth-order valence-electron chi connectivity index (χ4n) is 8.10. The Bertz CT molecular complexity index is 1330. The molecule has 0 saturated heterocycles. The number of hydrogen-bond donors (Lipinski definition) is 0. The molecule has 0 saturated carbocycles. The van der Waals surface area contributed by atoms with Crippen LogP contribution >= 0.6 is 0 Å². The van der Waals surface area contributed by atoms with Gasteiger partial charge in [-0.3, -0.25) is 9.59 Å². The van der Waals surface area contributed by atoms with Crippen molar-refractivity contribution in [3.8, 4) is 0 Å². The molecule has 0 rings (SSSR count). The molecule has 0 aliphatic carbocycles. The summed E-state index contributed by atoms with van der Waals surface area (Å²) in [6.07, 6.45) is 63.0. The van der Waals surface area contributed by atoms with Crippen molar-refractivity contribution < 1.29 is 42.9 Å². The van der Waals surface area contributed by atoms with Crippen LogP contribution in [-0.4, -0.2) is 82.3 Å². The molecule has 0 aliphatic rings. The third-order valence-corrected chi connectivity index (χ3v) is 12.5. The molecule has 0 bridgehead atoms. The van der Waals surface area contributed by atoms with Crippen LogP contribution in [0.1, 0.15) is 251 Å². The van der Waals surface area contributed by atoms with Crippen molar-refractivity contribution in [2.75, 3.05) is 47.5 Å². The Kier molecular flexibility index (Phi) is 50.1. The van der Waals surface area contributed by atoms with Crippen LogP contribution in [0.15, 0.2) is 60.8 Å². The number of likely N-dealkylation sites (N-methyl/N-ethyl adjacent to an activating group) is 1. The number of carbonyl (C=O) groups excluding carboxylic acids is 3. The minimum Gasteiger partial charge on any atom is -0.545 e. The third-order valence-electron chi connectivity index (χ3n) is 12.5. The summed E-state index contributed by atoms with van der Waals surface area (Å²) in [7, 11) is 5.90. The summed E-state index contributed by atoms with van der Waals surface area (Å²) in [4.78, 5) is 37.2. The van der Waals surface area contributed by atoms with E-state index in [1.165, 1.54) is 161 Å². The van der Waals surface area contributed by atoms with Crippen LogP contribution in [0.4, 0.5) is 0 Å². The first-order valence-electron chi connectivity index (χ1n) is 28.9. The lowest BCUT2D eigenvalue weighted by atomic mass is 10.0. The van der Waals surface area contributed by atoms with Crippen LogP contribution in [0.25, 0.3) is 0 Å². The van der Waals surface area contributed by atoms with Gasteiger partial charge >= 0.3 is 11.9 Å². The van der Waals surface area contributed by atoms with Crippen LogP contribution in [0.2, 0.25) is 0 Å². The average Bonchev–Trinajstić information content (AvgIpc) is 3.33. The Labute approximate surface area is 431 Å². The van der Waals surface area contributed by atoms with Crippen LogP contribution in [0, 0.1) is 0 Å². The number of hydrogen-bond acceptors (Lipinski definition) is 8. The van der Waals surface area contributed by atoms with E-state index in [2.05, 4.69) is 74.6 Å². The number of nitrogens with zero attached hydrogens (tertiary/aromatic N) is 1. The lowest BCUT2D eigenvalue weighted by Gasteiger charge is -2.26. The van der Waals surface area contributed by atoms with Crippen LogP contribution in [0.5, 0.6) is 0 Å². The molecule has 0 aromatic heterocycles. The van der Waals surface area contributed by atoms with Gasteiger partial charge in [0.1, 0.15) is 13.2 Å². The number of ether oxygens (including phenoxy) is 4. The first kappa shape index (κ1) is 67.0. The van der Waals surface area contributed by atoms with Crippen molar-refractivity contribution >= 4 is 17.9 Å². The van der Waals surface area contributed by atoms with E-state index >= 15 is 0 Å². The van der Waals surface area contributed by atoms with Crippen LogP contribution < -0.4 is 5.11 Å². The van der Waals surface area contributed by atoms with Gasteiger partial charge in [0.2, 0.25) is 0 Å². The molecule has 9 heteroatoms. The summed E-state index contributed by atoms with van der Waals surface area (Å²) in [6, 6.07) is 0. The van der Waals surface area contributed by atoms with E-state index in [0.29, 0.717) is 23.9 Å². The predicted molar refractivity (Wildman–Crippen MR) is 292 cm³/mol. The fraction of sp³-hybridized carbons (Fsp3) is 0.787. The van der Waals surface area contributed by atoms with Crippen molar-refractivity contribution in [3.05, 3.63) is 60.8 Å². The normalized spacial score (nSPS) is 13.2. The molecule has 0 heterocycles. The highest BCUT2D eigenvalue weighted by molar-refractivity contribution is 5.70. The van der Waals surface area contributed by atoms with Crippen molar-refractivity contribution in [1.29, 1.82) is 0 Å². The lowest BCUT2D eigenvalue weighted by Crippen LogP contribution is -2.44. The second-order valence-corrected chi connectivity index (χ2v) is 20.6. The molecule has 0 aliphatic heterocycles. The van der Waals surface area contributed by atoms with Crippen molar-refractivity contribution in [1.82, 2.24) is 0 Å². The molecule has 0 amide bonds. The van der Waals surface area contributed by atoms with E-state index in [0.717, 1.165) is 51.4 Å². The van der Waals surface area contributed by atoms with Gasteiger partial charge in [0.25, 0.3) is 0 Å². The fourth-order valence-corrected chi connectivity index (χ4v) is 8.10. The maximum atomic E-state index is 12.8. The van der Waals surface area contributed by atoms with Crippen LogP contribution in [0.3, 0.4) is 0 Å². The number of allylic oxidation sites excluding steroid dienone is 10. The highest BCUT2D eigenvalue weighted by Crippen LogP contribution is 2.17. The van der Waals surface area contributed by atoms with Crippen molar-refractivity contribution in [2.24, 2.45) is 0 Å². The topological polar surface area (TPSA) is 111 Å². The Balaban J connectivity index is 4.20. The zero-order valence-corrected chi connectivity index (χ0v) is 46.1. The van der Waals surface area contributed by atoms with E-state index in [-0.39, 0.29) is 38.6 Å². The molecule has 70 heavy (non-hydrogen) atoms. The number of esters is 2. The number of rotatable bonds is 53. The van der Waals surface area contributed by atoms with Gasteiger partial charge in [-0.05, 0) is 51.4 Å². The largest absolute Gasteiger partial charge is 0.545 e. The summed E-state index contributed by atoms with van der Waals surface area (Å²) in [6.45, 7) is 4.59. The smallest absolute Gasteiger partial charge is 0.306 e. The van der Waals surface area contributed by atoms with Gasteiger partial charge in [0.05, 0.1) is 40.3 Å².